The lowest BCUT2D eigenvalue weighted by molar-refractivity contribution is 1.19. The first-order valence-corrected chi connectivity index (χ1v) is 22.0. The molecule has 0 saturated carbocycles. The minimum atomic E-state index is 1.08. The van der Waals surface area contributed by atoms with Gasteiger partial charge in [0, 0.05) is 38.8 Å². The maximum absolute atomic E-state index is 2.47. The van der Waals surface area contributed by atoms with E-state index in [2.05, 4.69) is 264 Å². The molecule has 0 aliphatic heterocycles. The maximum Gasteiger partial charge on any atom is 0.0619 e. The highest BCUT2D eigenvalue weighted by atomic mass is 15.1. The number of benzene rings is 11. The van der Waals surface area contributed by atoms with Crippen molar-refractivity contribution in [1.29, 1.82) is 0 Å². The van der Waals surface area contributed by atoms with E-state index in [4.69, 9.17) is 0 Å². The summed E-state index contributed by atoms with van der Waals surface area (Å²) in [4.78, 5) is 2.38. The summed E-state index contributed by atoms with van der Waals surface area (Å²) in [7, 11) is 0. The molecule has 12 aromatic rings. The third-order valence-corrected chi connectivity index (χ3v) is 12.8. The summed E-state index contributed by atoms with van der Waals surface area (Å²) in [5, 5.41) is 7.47. The number of anilines is 3. The Bertz CT molecular complexity index is 3660. The van der Waals surface area contributed by atoms with Gasteiger partial charge < -0.3 is 9.47 Å². The molecule has 11 aromatic carbocycles. The number of para-hydroxylation sites is 2. The largest absolute Gasteiger partial charge is 0.310 e. The number of rotatable bonds is 8. The van der Waals surface area contributed by atoms with E-state index in [1.807, 2.05) is 0 Å². The molecule has 0 unspecified atom stereocenters. The quantitative estimate of drug-likeness (QED) is 0.148. The van der Waals surface area contributed by atoms with Crippen LogP contribution in [-0.4, -0.2) is 4.57 Å². The molecule has 64 heavy (non-hydrogen) atoms. The number of hydrogen-bond donors (Lipinski definition) is 0. The normalized spacial score (nSPS) is 11.4. The van der Waals surface area contributed by atoms with Crippen LogP contribution in [0.3, 0.4) is 0 Å². The second-order valence-corrected chi connectivity index (χ2v) is 16.5. The lowest BCUT2D eigenvalue weighted by Gasteiger charge is -2.27. The van der Waals surface area contributed by atoms with Crippen LogP contribution in [0, 0.1) is 0 Å². The van der Waals surface area contributed by atoms with Gasteiger partial charge in [0.25, 0.3) is 0 Å². The molecule has 1 heterocycles. The molecular weight excluding hydrogens is 773 g/mol. The lowest BCUT2D eigenvalue weighted by Crippen LogP contribution is -2.10. The van der Waals surface area contributed by atoms with Crippen molar-refractivity contribution in [2.75, 3.05) is 4.90 Å². The Kier molecular flexibility index (Phi) is 9.20. The Morgan fingerprint density at radius 2 is 0.781 bits per heavy atom. The molecule has 1 aromatic heterocycles. The predicted octanol–water partition coefficient (Wildman–Crippen LogP) is 17.2. The second-order valence-electron chi connectivity index (χ2n) is 16.5. The Morgan fingerprint density at radius 1 is 0.266 bits per heavy atom. The molecule has 0 atom stereocenters. The van der Waals surface area contributed by atoms with Crippen molar-refractivity contribution < 1.29 is 0 Å². The van der Waals surface area contributed by atoms with Crippen molar-refractivity contribution in [2.45, 2.75) is 0 Å². The first-order valence-electron chi connectivity index (χ1n) is 22.0. The fraction of sp³-hybridized carbons (Fsp3) is 0. The Hall–Kier alpha value is -8.46. The molecule has 12 rings (SSSR count). The minimum Gasteiger partial charge on any atom is -0.310 e. The van der Waals surface area contributed by atoms with Crippen LogP contribution in [0.1, 0.15) is 0 Å². The Labute approximate surface area is 373 Å². The lowest BCUT2D eigenvalue weighted by atomic mass is 9.94. The number of nitrogens with zero attached hydrogens (tertiary/aromatic N) is 2. The van der Waals surface area contributed by atoms with Crippen molar-refractivity contribution in [2.24, 2.45) is 0 Å². The molecule has 0 radical (unpaired) electrons. The summed E-state index contributed by atoms with van der Waals surface area (Å²) in [5.41, 5.74) is 16.4. The molecule has 2 nitrogen and oxygen atoms in total. The predicted molar refractivity (Wildman–Crippen MR) is 272 cm³/mol. The van der Waals surface area contributed by atoms with Crippen molar-refractivity contribution >= 4 is 60.4 Å². The van der Waals surface area contributed by atoms with E-state index in [1.54, 1.807) is 0 Å². The highest BCUT2D eigenvalue weighted by Gasteiger charge is 2.19. The maximum atomic E-state index is 2.47. The SMILES string of the molecule is c1ccc(-c2ccccc2-c2ccc(N(c3ccc(-c4ccccc4-n4c5ccccc5c5ccc6ccccc6c54)cc3)c3cccc(-c4ccc5ccccc5c4)c3)cc2)cc1. The topological polar surface area (TPSA) is 8.17 Å². The van der Waals surface area contributed by atoms with E-state index in [9.17, 15) is 0 Å². The average molecular weight is 815 g/mol. The molecule has 0 aliphatic rings. The molecule has 0 aliphatic carbocycles. The zero-order chi connectivity index (χ0) is 42.4. The van der Waals surface area contributed by atoms with Gasteiger partial charge in [-0.1, -0.05) is 200 Å². The first kappa shape index (κ1) is 37.3. The zero-order valence-corrected chi connectivity index (χ0v) is 35.1. The van der Waals surface area contributed by atoms with Crippen molar-refractivity contribution in [3.63, 3.8) is 0 Å². The fourth-order valence-corrected chi connectivity index (χ4v) is 9.72. The van der Waals surface area contributed by atoms with Gasteiger partial charge in [-0.15, -0.1) is 0 Å². The van der Waals surface area contributed by atoms with E-state index in [0.29, 0.717) is 0 Å². The number of aromatic nitrogens is 1. The zero-order valence-electron chi connectivity index (χ0n) is 35.1. The van der Waals surface area contributed by atoms with Gasteiger partial charge in [0.1, 0.15) is 0 Å². The van der Waals surface area contributed by atoms with Crippen LogP contribution >= 0.6 is 0 Å². The van der Waals surface area contributed by atoms with Gasteiger partial charge in [-0.2, -0.15) is 0 Å². The molecular formula is C62H42N2. The van der Waals surface area contributed by atoms with Crippen LogP contribution < -0.4 is 4.90 Å². The minimum absolute atomic E-state index is 1.08. The third-order valence-electron chi connectivity index (χ3n) is 12.8. The van der Waals surface area contributed by atoms with E-state index in [-0.39, 0.29) is 0 Å². The van der Waals surface area contributed by atoms with Crippen molar-refractivity contribution in [3.05, 3.63) is 255 Å². The van der Waals surface area contributed by atoms with Crippen LogP contribution in [0.4, 0.5) is 17.1 Å². The Morgan fingerprint density at radius 3 is 1.53 bits per heavy atom. The highest BCUT2D eigenvalue weighted by Crippen LogP contribution is 2.42. The summed E-state index contributed by atoms with van der Waals surface area (Å²) in [6.45, 7) is 0. The van der Waals surface area contributed by atoms with Gasteiger partial charge in [0.15, 0.2) is 0 Å². The summed E-state index contributed by atoms with van der Waals surface area (Å²) in [5.74, 6) is 0. The van der Waals surface area contributed by atoms with Gasteiger partial charge in [0.2, 0.25) is 0 Å². The number of hydrogen-bond acceptors (Lipinski definition) is 1. The second kappa shape index (κ2) is 15.8. The summed E-state index contributed by atoms with van der Waals surface area (Å²) in [6.07, 6.45) is 0. The molecule has 0 fully saturated rings. The van der Waals surface area contributed by atoms with E-state index < -0.39 is 0 Å². The highest BCUT2D eigenvalue weighted by molar-refractivity contribution is 6.19. The smallest absolute Gasteiger partial charge is 0.0619 e. The molecule has 0 spiro atoms. The number of fused-ring (bicyclic) bond motifs is 6. The summed E-state index contributed by atoms with van der Waals surface area (Å²) in [6, 6.07) is 92.6. The van der Waals surface area contributed by atoms with Crippen LogP contribution in [0.25, 0.3) is 93.5 Å². The molecule has 2 heteroatoms. The molecule has 0 saturated heterocycles. The van der Waals surface area contributed by atoms with Gasteiger partial charge in [-0.3, -0.25) is 0 Å². The van der Waals surface area contributed by atoms with Gasteiger partial charge >= 0.3 is 0 Å². The van der Waals surface area contributed by atoms with Crippen molar-refractivity contribution in [3.8, 4) is 50.2 Å². The molecule has 0 bridgehead atoms. The van der Waals surface area contributed by atoms with Crippen LogP contribution in [-0.2, 0) is 0 Å². The first-order chi connectivity index (χ1) is 31.7. The Balaban J connectivity index is 0.981. The monoisotopic (exact) mass is 814 g/mol. The van der Waals surface area contributed by atoms with Gasteiger partial charge in [-0.05, 0) is 110 Å². The molecule has 0 amide bonds. The van der Waals surface area contributed by atoms with Crippen LogP contribution in [0.5, 0.6) is 0 Å². The van der Waals surface area contributed by atoms with Gasteiger partial charge in [0.05, 0.1) is 16.7 Å². The third kappa shape index (κ3) is 6.52. The summed E-state index contributed by atoms with van der Waals surface area (Å²) < 4.78 is 2.47. The summed E-state index contributed by atoms with van der Waals surface area (Å²) >= 11 is 0. The van der Waals surface area contributed by atoms with Crippen LogP contribution in [0.15, 0.2) is 255 Å². The van der Waals surface area contributed by atoms with Crippen molar-refractivity contribution in [1.82, 2.24) is 4.57 Å². The van der Waals surface area contributed by atoms with E-state index in [1.165, 1.54) is 82.3 Å². The van der Waals surface area contributed by atoms with Crippen LogP contribution in [0.2, 0.25) is 0 Å². The van der Waals surface area contributed by atoms with E-state index in [0.717, 1.165) is 28.3 Å². The fourth-order valence-electron chi connectivity index (χ4n) is 9.72. The molecule has 300 valence electrons. The molecule has 0 N–H and O–H groups in total. The van der Waals surface area contributed by atoms with Gasteiger partial charge in [-0.25, -0.2) is 0 Å². The van der Waals surface area contributed by atoms with E-state index >= 15 is 0 Å². The standard InChI is InChI=1S/C62H42N2/c1-2-16-44(17-3-1)54-22-8-9-23-55(54)46-31-36-51(37-32-46)63(53-21-14-20-49(42-53)50-30-29-43-15-4-5-19-48(43)41-50)52-38-33-47(34-39-52)56-24-10-12-27-60(56)64-61-28-13-11-26-58(61)59-40-35-45-18-6-7-25-57(45)62(59)64/h1-42H. The average Bonchev–Trinajstić information content (AvgIpc) is 3.72.